The summed E-state index contributed by atoms with van der Waals surface area (Å²) in [4.78, 5) is 6.85. The van der Waals surface area contributed by atoms with Crippen molar-refractivity contribution in [2.45, 2.75) is 19.7 Å². The van der Waals surface area contributed by atoms with Crippen molar-refractivity contribution in [1.82, 2.24) is 14.5 Å². The van der Waals surface area contributed by atoms with E-state index >= 15 is 0 Å². The Labute approximate surface area is 124 Å². The normalized spacial score (nSPS) is 16.2. The first-order chi connectivity index (χ1) is 10.3. The van der Waals surface area contributed by atoms with Gasteiger partial charge in [0, 0.05) is 32.4 Å². The van der Waals surface area contributed by atoms with Crippen molar-refractivity contribution in [2.24, 2.45) is 0 Å². The molecule has 0 aliphatic carbocycles. The van der Waals surface area contributed by atoms with E-state index in [1.165, 1.54) is 5.56 Å². The summed E-state index contributed by atoms with van der Waals surface area (Å²) in [5, 5.41) is 9.05. The van der Waals surface area contributed by atoms with Crippen LogP contribution in [-0.4, -0.2) is 45.9 Å². The molecular formula is C16H21N3O2. The minimum Gasteiger partial charge on any atom is -0.392 e. The van der Waals surface area contributed by atoms with Gasteiger partial charge in [-0.15, -0.1) is 0 Å². The van der Waals surface area contributed by atoms with Crippen molar-refractivity contribution in [1.29, 1.82) is 0 Å². The number of rotatable bonds is 5. The van der Waals surface area contributed by atoms with Gasteiger partial charge in [-0.3, -0.25) is 4.90 Å². The third kappa shape index (κ3) is 3.91. The predicted octanol–water partition coefficient (Wildman–Crippen LogP) is 1.26. The molecule has 5 heteroatoms. The van der Waals surface area contributed by atoms with E-state index in [1.54, 1.807) is 0 Å². The molecule has 2 heterocycles. The van der Waals surface area contributed by atoms with Crippen LogP contribution in [0, 0.1) is 0 Å². The Balaban J connectivity index is 1.58. The first kappa shape index (κ1) is 14.3. The maximum absolute atomic E-state index is 9.05. The fraction of sp³-hybridized carbons (Fsp3) is 0.438. The summed E-state index contributed by atoms with van der Waals surface area (Å²) in [6.45, 7) is 5.39. The second kappa shape index (κ2) is 6.85. The molecule has 0 radical (unpaired) electrons. The van der Waals surface area contributed by atoms with Crippen molar-refractivity contribution >= 4 is 0 Å². The average molecular weight is 287 g/mol. The minimum absolute atomic E-state index is 0.0923. The van der Waals surface area contributed by atoms with Crippen LogP contribution in [0.25, 0.3) is 0 Å². The number of aliphatic hydroxyl groups excluding tert-OH is 1. The van der Waals surface area contributed by atoms with Gasteiger partial charge in [0.05, 0.1) is 31.8 Å². The first-order valence-corrected chi connectivity index (χ1v) is 7.33. The van der Waals surface area contributed by atoms with E-state index in [0.717, 1.165) is 50.7 Å². The van der Waals surface area contributed by atoms with E-state index in [-0.39, 0.29) is 6.61 Å². The van der Waals surface area contributed by atoms with E-state index in [1.807, 2.05) is 30.6 Å². The summed E-state index contributed by atoms with van der Waals surface area (Å²) >= 11 is 0. The second-order valence-electron chi connectivity index (χ2n) is 5.40. The third-order valence-electron chi connectivity index (χ3n) is 3.75. The molecule has 1 aliphatic heterocycles. The zero-order valence-electron chi connectivity index (χ0n) is 12.1. The van der Waals surface area contributed by atoms with Gasteiger partial charge in [0.2, 0.25) is 0 Å². The lowest BCUT2D eigenvalue weighted by Gasteiger charge is -2.25. The minimum atomic E-state index is 0.0923. The van der Waals surface area contributed by atoms with Gasteiger partial charge in [-0.2, -0.15) is 0 Å². The highest BCUT2D eigenvalue weighted by molar-refractivity contribution is 5.22. The van der Waals surface area contributed by atoms with Crippen LogP contribution in [0.4, 0.5) is 0 Å². The lowest BCUT2D eigenvalue weighted by atomic mass is 10.1. The summed E-state index contributed by atoms with van der Waals surface area (Å²) < 4.78 is 7.46. The summed E-state index contributed by atoms with van der Waals surface area (Å²) in [6.07, 6.45) is 3.99. The average Bonchev–Trinajstić information content (AvgIpc) is 2.96. The number of aromatic nitrogens is 2. The van der Waals surface area contributed by atoms with Crippen LogP contribution >= 0.6 is 0 Å². The lowest BCUT2D eigenvalue weighted by molar-refractivity contribution is 0.0337. The molecular weight excluding hydrogens is 266 g/mol. The summed E-state index contributed by atoms with van der Waals surface area (Å²) in [7, 11) is 0. The molecule has 1 aromatic carbocycles. The van der Waals surface area contributed by atoms with E-state index in [2.05, 4.69) is 20.6 Å². The van der Waals surface area contributed by atoms with Gasteiger partial charge < -0.3 is 14.4 Å². The van der Waals surface area contributed by atoms with Crippen LogP contribution in [0.15, 0.2) is 36.8 Å². The molecule has 3 rings (SSSR count). The van der Waals surface area contributed by atoms with Crippen LogP contribution in [0.3, 0.4) is 0 Å². The fourth-order valence-corrected chi connectivity index (χ4v) is 2.52. The third-order valence-corrected chi connectivity index (χ3v) is 3.75. The van der Waals surface area contributed by atoms with E-state index in [9.17, 15) is 0 Å². The lowest BCUT2D eigenvalue weighted by Crippen LogP contribution is -2.35. The largest absolute Gasteiger partial charge is 0.392 e. The molecule has 0 spiro atoms. The highest BCUT2D eigenvalue weighted by Gasteiger charge is 2.12. The van der Waals surface area contributed by atoms with Gasteiger partial charge in [-0.05, 0) is 11.1 Å². The van der Waals surface area contributed by atoms with E-state index < -0.39 is 0 Å². The van der Waals surface area contributed by atoms with E-state index in [4.69, 9.17) is 9.84 Å². The van der Waals surface area contributed by atoms with Crippen molar-refractivity contribution in [3.63, 3.8) is 0 Å². The maximum Gasteiger partial charge on any atom is 0.0953 e. The molecule has 112 valence electrons. The Hall–Kier alpha value is -1.69. The molecule has 1 N–H and O–H groups in total. The number of ether oxygens (including phenoxy) is 1. The Kier molecular flexibility index (Phi) is 4.65. The summed E-state index contributed by atoms with van der Waals surface area (Å²) in [6, 6.07) is 8.02. The molecule has 1 aliphatic rings. The molecule has 5 nitrogen and oxygen atoms in total. The summed E-state index contributed by atoms with van der Waals surface area (Å²) in [5.41, 5.74) is 3.25. The number of aliphatic hydroxyl groups is 1. The number of benzene rings is 1. The van der Waals surface area contributed by atoms with Crippen LogP contribution in [0.1, 0.15) is 16.8 Å². The SMILES string of the molecule is OCc1ccc(Cn2cnc(CN3CCOCC3)c2)cc1. The zero-order valence-corrected chi connectivity index (χ0v) is 12.1. The quantitative estimate of drug-likeness (QED) is 0.899. The van der Waals surface area contributed by atoms with Gasteiger partial charge >= 0.3 is 0 Å². The molecule has 0 atom stereocenters. The Bertz CT molecular complexity index is 559. The van der Waals surface area contributed by atoms with Crippen molar-refractivity contribution in [2.75, 3.05) is 26.3 Å². The number of hydrogen-bond donors (Lipinski definition) is 1. The van der Waals surface area contributed by atoms with Gasteiger partial charge in [0.1, 0.15) is 0 Å². The molecule has 2 aromatic rings. The van der Waals surface area contributed by atoms with Crippen molar-refractivity contribution < 1.29 is 9.84 Å². The van der Waals surface area contributed by atoms with E-state index in [0.29, 0.717) is 0 Å². The highest BCUT2D eigenvalue weighted by Crippen LogP contribution is 2.09. The molecule has 1 saturated heterocycles. The van der Waals surface area contributed by atoms with Gasteiger partial charge in [0.15, 0.2) is 0 Å². The van der Waals surface area contributed by atoms with Crippen molar-refractivity contribution in [3.8, 4) is 0 Å². The number of imidazole rings is 1. The maximum atomic E-state index is 9.05. The smallest absolute Gasteiger partial charge is 0.0953 e. The topological polar surface area (TPSA) is 50.5 Å². The molecule has 1 aromatic heterocycles. The fourth-order valence-electron chi connectivity index (χ4n) is 2.52. The predicted molar refractivity (Wildman–Crippen MR) is 79.8 cm³/mol. The first-order valence-electron chi connectivity index (χ1n) is 7.33. The van der Waals surface area contributed by atoms with Gasteiger partial charge in [-0.25, -0.2) is 4.98 Å². The monoisotopic (exact) mass is 287 g/mol. The molecule has 0 amide bonds. The molecule has 0 saturated carbocycles. The van der Waals surface area contributed by atoms with Gasteiger partial charge in [0.25, 0.3) is 0 Å². The van der Waals surface area contributed by atoms with Gasteiger partial charge in [-0.1, -0.05) is 24.3 Å². The molecule has 0 unspecified atom stereocenters. The molecule has 21 heavy (non-hydrogen) atoms. The van der Waals surface area contributed by atoms with Crippen LogP contribution in [0.5, 0.6) is 0 Å². The Morgan fingerprint density at radius 2 is 1.76 bits per heavy atom. The Morgan fingerprint density at radius 1 is 1.05 bits per heavy atom. The van der Waals surface area contributed by atoms with Crippen LogP contribution in [-0.2, 0) is 24.4 Å². The molecule has 1 fully saturated rings. The van der Waals surface area contributed by atoms with Crippen LogP contribution < -0.4 is 0 Å². The number of nitrogens with zero attached hydrogens (tertiary/aromatic N) is 3. The summed E-state index contributed by atoms with van der Waals surface area (Å²) in [5.74, 6) is 0. The Morgan fingerprint density at radius 3 is 2.48 bits per heavy atom. The van der Waals surface area contributed by atoms with Crippen molar-refractivity contribution in [3.05, 3.63) is 53.6 Å². The molecule has 0 bridgehead atoms. The second-order valence-corrected chi connectivity index (χ2v) is 5.40. The number of morpholine rings is 1. The van der Waals surface area contributed by atoms with Crippen LogP contribution in [0.2, 0.25) is 0 Å². The number of hydrogen-bond acceptors (Lipinski definition) is 4. The highest BCUT2D eigenvalue weighted by atomic mass is 16.5. The standard InChI is InChI=1S/C16H21N3O2/c20-12-15-3-1-14(2-4-15)9-19-11-16(17-13-19)10-18-5-7-21-8-6-18/h1-4,11,13,20H,5-10,12H2. The zero-order chi connectivity index (χ0) is 14.5.